The van der Waals surface area contributed by atoms with Crippen LogP contribution in [0.25, 0.3) is 0 Å². The zero-order chi connectivity index (χ0) is 5.15. The summed E-state index contributed by atoms with van der Waals surface area (Å²) in [6.45, 7) is 1.63. The van der Waals surface area contributed by atoms with Crippen LogP contribution in [-0.2, 0) is 4.79 Å². The van der Waals surface area contributed by atoms with Gasteiger partial charge in [-0.2, -0.15) is 0 Å². The zero-order valence-electron chi connectivity index (χ0n) is 3.31. The summed E-state index contributed by atoms with van der Waals surface area (Å²) >= 11 is 1.83. The fourth-order valence-electron chi connectivity index (χ4n) is 0. The summed E-state index contributed by atoms with van der Waals surface area (Å²) in [4.78, 5) is 9.69. The number of aliphatic carboxylic acids is 1. The van der Waals surface area contributed by atoms with Gasteiger partial charge in [0.2, 0.25) is 0 Å². The van der Waals surface area contributed by atoms with Gasteiger partial charge >= 0.3 is 43.7 Å². The van der Waals surface area contributed by atoms with Crippen molar-refractivity contribution in [2.45, 2.75) is 10.8 Å². The number of hydrogen-bond acceptors (Lipinski definition) is 1. The molecule has 0 fully saturated rings. The average molecular weight is 242 g/mol. The van der Waals surface area contributed by atoms with E-state index in [0.29, 0.717) is 0 Å². The molecule has 1 unspecified atom stereocenters. The minimum atomic E-state index is -0.754. The van der Waals surface area contributed by atoms with Crippen LogP contribution in [0.3, 0.4) is 0 Å². The Balaban J connectivity index is 0. The van der Waals surface area contributed by atoms with Crippen molar-refractivity contribution >= 4 is 66.3 Å². The molecule has 0 spiro atoms. The number of halogens is 1. The molecule has 2 nitrogen and oxygen atoms in total. The van der Waals surface area contributed by atoms with Crippen LogP contribution in [0.2, 0.25) is 0 Å². The Morgan fingerprint density at radius 3 is 2.00 bits per heavy atom. The van der Waals surface area contributed by atoms with Crippen LogP contribution in [0, 0.1) is 0 Å². The predicted octanol–water partition coefficient (Wildman–Crippen LogP) is -0.0217. The van der Waals surface area contributed by atoms with Crippen LogP contribution >= 0.6 is 22.6 Å². The number of alkyl halides is 1. The van der Waals surface area contributed by atoms with E-state index >= 15 is 0 Å². The first-order valence-corrected chi connectivity index (χ1v) is 2.76. The van der Waals surface area contributed by atoms with E-state index in [2.05, 4.69) is 0 Å². The van der Waals surface area contributed by atoms with Gasteiger partial charge in [-0.1, -0.05) is 22.6 Å². The average Bonchev–Trinajstić information content (AvgIpc) is 1.36. The van der Waals surface area contributed by atoms with Crippen LogP contribution in [0.1, 0.15) is 6.92 Å². The Morgan fingerprint density at radius 1 is 1.86 bits per heavy atom. The SMILES string of the molecule is CC(I)C(=O)O.[CaH2]. The molecular weight excluding hydrogens is 235 g/mol. The summed E-state index contributed by atoms with van der Waals surface area (Å²) in [6, 6.07) is 0. The van der Waals surface area contributed by atoms with Gasteiger partial charge in [-0.3, -0.25) is 4.79 Å². The van der Waals surface area contributed by atoms with E-state index < -0.39 is 5.97 Å². The van der Waals surface area contributed by atoms with Gasteiger partial charge in [0.15, 0.2) is 0 Å². The summed E-state index contributed by atoms with van der Waals surface area (Å²) in [5.41, 5.74) is 0. The van der Waals surface area contributed by atoms with Crippen molar-refractivity contribution in [3.8, 4) is 0 Å². The second-order valence-electron chi connectivity index (χ2n) is 0.954. The van der Waals surface area contributed by atoms with E-state index in [-0.39, 0.29) is 41.7 Å². The van der Waals surface area contributed by atoms with E-state index in [0.717, 1.165) is 0 Å². The molecule has 0 aliphatic heterocycles. The zero-order valence-corrected chi connectivity index (χ0v) is 5.47. The minimum absolute atomic E-state index is 0. The quantitative estimate of drug-likeness (QED) is 0.398. The second-order valence-corrected chi connectivity index (χ2v) is 2.82. The molecule has 4 heteroatoms. The molecule has 0 aliphatic rings. The first-order valence-electron chi connectivity index (χ1n) is 1.51. The van der Waals surface area contributed by atoms with Crippen molar-refractivity contribution in [2.24, 2.45) is 0 Å². The third-order valence-electron chi connectivity index (χ3n) is 0.340. The maximum absolute atomic E-state index is 9.69. The molecule has 0 aliphatic carbocycles. The van der Waals surface area contributed by atoms with Crippen molar-refractivity contribution in [1.82, 2.24) is 0 Å². The first-order chi connectivity index (χ1) is 2.64. The molecular formula is C3H7CaIO2. The Labute approximate surface area is 85.8 Å². The topological polar surface area (TPSA) is 37.3 Å². The molecule has 0 radical (unpaired) electrons. The van der Waals surface area contributed by atoms with Gasteiger partial charge in [0.05, 0.1) is 0 Å². The Hall–Kier alpha value is 1.46. The summed E-state index contributed by atoms with van der Waals surface area (Å²) in [6.07, 6.45) is 0. The summed E-state index contributed by atoms with van der Waals surface area (Å²) in [5, 5.41) is 7.98. The van der Waals surface area contributed by atoms with Gasteiger partial charge in [0, 0.05) is 0 Å². The van der Waals surface area contributed by atoms with Crippen LogP contribution in [0.15, 0.2) is 0 Å². The van der Waals surface area contributed by atoms with Crippen molar-refractivity contribution in [3.05, 3.63) is 0 Å². The van der Waals surface area contributed by atoms with Crippen molar-refractivity contribution in [3.63, 3.8) is 0 Å². The van der Waals surface area contributed by atoms with Crippen molar-refractivity contribution < 1.29 is 9.90 Å². The molecule has 0 aromatic rings. The van der Waals surface area contributed by atoms with Gasteiger partial charge in [0.25, 0.3) is 0 Å². The number of carbonyl (C=O) groups is 1. The molecule has 0 saturated carbocycles. The fourth-order valence-corrected chi connectivity index (χ4v) is 0. The maximum atomic E-state index is 9.69. The van der Waals surface area contributed by atoms with E-state index in [1.807, 2.05) is 22.6 Å². The molecule has 1 atom stereocenters. The molecule has 0 bridgehead atoms. The third-order valence-corrected chi connectivity index (χ3v) is 0.873. The van der Waals surface area contributed by atoms with Crippen LogP contribution in [-0.4, -0.2) is 52.7 Å². The molecule has 1 N–H and O–H groups in total. The standard InChI is InChI=1S/C3H5IO2.Ca.2H/c1-2(4)3(5)6;;;/h2H,1H3,(H,5,6);;;. The van der Waals surface area contributed by atoms with E-state index in [1.54, 1.807) is 6.92 Å². The van der Waals surface area contributed by atoms with Crippen molar-refractivity contribution in [1.29, 1.82) is 0 Å². The van der Waals surface area contributed by atoms with Gasteiger partial charge < -0.3 is 5.11 Å². The van der Waals surface area contributed by atoms with Gasteiger partial charge in [-0.15, -0.1) is 0 Å². The molecule has 0 heterocycles. The summed E-state index contributed by atoms with van der Waals surface area (Å²) in [7, 11) is 0. The molecule has 0 aromatic heterocycles. The predicted molar refractivity (Wildman–Crippen MR) is 39.7 cm³/mol. The monoisotopic (exact) mass is 242 g/mol. The number of hydrogen-bond donors (Lipinski definition) is 1. The van der Waals surface area contributed by atoms with Gasteiger partial charge in [-0.25, -0.2) is 0 Å². The van der Waals surface area contributed by atoms with Gasteiger partial charge in [0.1, 0.15) is 3.92 Å². The van der Waals surface area contributed by atoms with Gasteiger partial charge in [-0.05, 0) is 6.92 Å². The van der Waals surface area contributed by atoms with E-state index in [9.17, 15) is 4.79 Å². The normalized spacial score (nSPS) is 11.7. The van der Waals surface area contributed by atoms with E-state index in [1.165, 1.54) is 0 Å². The van der Waals surface area contributed by atoms with Crippen molar-refractivity contribution in [2.75, 3.05) is 0 Å². The molecule has 7 heavy (non-hydrogen) atoms. The Morgan fingerprint density at radius 2 is 2.00 bits per heavy atom. The number of carboxylic acid groups (broad SMARTS) is 1. The molecule has 0 rings (SSSR count). The third kappa shape index (κ3) is 7.46. The summed E-state index contributed by atoms with van der Waals surface area (Å²) in [5.74, 6) is -0.754. The second kappa shape index (κ2) is 5.59. The molecule has 40 valence electrons. The molecule has 0 amide bonds. The molecule has 0 saturated heterocycles. The van der Waals surface area contributed by atoms with Crippen LogP contribution in [0.4, 0.5) is 0 Å². The summed E-state index contributed by atoms with van der Waals surface area (Å²) < 4.78 is -0.261. The number of rotatable bonds is 1. The fraction of sp³-hybridized carbons (Fsp3) is 0.667. The van der Waals surface area contributed by atoms with Crippen LogP contribution in [0.5, 0.6) is 0 Å². The Kier molecular flexibility index (Phi) is 9.02. The number of carboxylic acids is 1. The molecule has 0 aromatic carbocycles. The van der Waals surface area contributed by atoms with Crippen LogP contribution < -0.4 is 0 Å². The Bertz CT molecular complexity index is 64.0. The van der Waals surface area contributed by atoms with E-state index in [4.69, 9.17) is 5.11 Å². The first kappa shape index (κ1) is 11.3.